The van der Waals surface area contributed by atoms with Crippen LogP contribution >= 0.6 is 0 Å². The van der Waals surface area contributed by atoms with Crippen LogP contribution in [0.1, 0.15) is 6.85 Å². The standard InChI is InChI=1S/C54H34O/c1-3-16-35(17-4-1)40-30-31-47(42-23-8-7-22-41(40)42)53-45-26-11-9-24-43(45)52(44-25-10-12-27-46(44)53)38-21-15-20-37(32-38)39-33-49(36-18-5-2-6-19-36)54-48-28-13-14-29-50(48)55-51(54)34-39/h1-34H/i1D,3D,4D,16D,17D. The second-order valence-electron chi connectivity index (χ2n) is 14.0. The molecule has 0 radical (unpaired) electrons. The average Bonchev–Trinajstić information content (AvgIpc) is 3.68. The van der Waals surface area contributed by atoms with Gasteiger partial charge in [-0.2, -0.15) is 0 Å². The molecule has 0 saturated carbocycles. The fraction of sp³-hybridized carbons (Fsp3) is 0. The lowest BCUT2D eigenvalue weighted by molar-refractivity contribution is 0.669. The molecule has 1 heteroatoms. The molecule has 1 aromatic heterocycles. The Morgan fingerprint density at radius 1 is 0.309 bits per heavy atom. The summed E-state index contributed by atoms with van der Waals surface area (Å²) >= 11 is 0. The van der Waals surface area contributed by atoms with Gasteiger partial charge < -0.3 is 4.42 Å². The topological polar surface area (TPSA) is 13.1 Å². The molecule has 0 N–H and O–H groups in total. The Bertz CT molecular complexity index is 3460. The zero-order chi connectivity index (χ0) is 40.6. The van der Waals surface area contributed by atoms with Crippen molar-refractivity contribution in [2.45, 2.75) is 0 Å². The van der Waals surface area contributed by atoms with E-state index in [9.17, 15) is 0 Å². The Morgan fingerprint density at radius 2 is 0.855 bits per heavy atom. The van der Waals surface area contributed by atoms with Gasteiger partial charge in [-0.1, -0.05) is 182 Å². The maximum Gasteiger partial charge on any atom is 0.136 e. The Kier molecular flexibility index (Phi) is 6.14. The summed E-state index contributed by atoms with van der Waals surface area (Å²) in [5.41, 5.74) is 11.2. The largest absolute Gasteiger partial charge is 0.456 e. The van der Waals surface area contributed by atoms with Crippen molar-refractivity contribution in [3.63, 3.8) is 0 Å². The van der Waals surface area contributed by atoms with Crippen LogP contribution in [0.3, 0.4) is 0 Å². The molecule has 10 aromatic carbocycles. The molecule has 11 rings (SSSR count). The second-order valence-corrected chi connectivity index (χ2v) is 14.0. The molecular formula is C54H34O. The average molecular weight is 704 g/mol. The molecule has 0 aliphatic rings. The van der Waals surface area contributed by atoms with Crippen LogP contribution in [0.15, 0.2) is 211 Å². The van der Waals surface area contributed by atoms with Crippen LogP contribution in [0.5, 0.6) is 0 Å². The van der Waals surface area contributed by atoms with Crippen LogP contribution < -0.4 is 0 Å². The number of para-hydroxylation sites is 1. The highest BCUT2D eigenvalue weighted by Gasteiger charge is 2.20. The SMILES string of the molecule is [2H]c1c([2H])c([2H])c(-c2ccc(-c3c4ccccc4c(-c4cccc(-c5cc(-c6ccccc6)c6c(c5)oc5ccccc56)c4)c4ccccc34)c3ccccc23)c([2H])c1[2H]. The van der Waals surface area contributed by atoms with Gasteiger partial charge in [0.15, 0.2) is 0 Å². The first-order valence-corrected chi connectivity index (χ1v) is 18.5. The summed E-state index contributed by atoms with van der Waals surface area (Å²) in [6, 6.07) is 59.5. The van der Waals surface area contributed by atoms with Gasteiger partial charge in [0.2, 0.25) is 0 Å². The summed E-state index contributed by atoms with van der Waals surface area (Å²) in [6.45, 7) is 0. The first-order chi connectivity index (χ1) is 29.4. The molecule has 0 aliphatic carbocycles. The lowest BCUT2D eigenvalue weighted by atomic mass is 9.83. The molecule has 1 nitrogen and oxygen atoms in total. The number of rotatable bonds is 5. The molecule has 11 aromatic rings. The lowest BCUT2D eigenvalue weighted by Gasteiger charge is -2.20. The highest BCUT2D eigenvalue weighted by molar-refractivity contribution is 6.24. The van der Waals surface area contributed by atoms with E-state index in [1.807, 2.05) is 48.5 Å². The molecular weight excluding hydrogens is 665 g/mol. The van der Waals surface area contributed by atoms with Crippen LogP contribution in [0.25, 0.3) is 110 Å². The third-order valence-corrected chi connectivity index (χ3v) is 10.9. The van der Waals surface area contributed by atoms with E-state index < -0.39 is 6.04 Å². The van der Waals surface area contributed by atoms with Crippen molar-refractivity contribution in [2.75, 3.05) is 0 Å². The van der Waals surface area contributed by atoms with Gasteiger partial charge in [0.05, 0.1) is 6.85 Å². The minimum atomic E-state index is -0.401. The highest BCUT2D eigenvalue weighted by atomic mass is 16.3. The second kappa shape index (κ2) is 12.7. The normalized spacial score (nSPS) is 12.9. The molecule has 0 unspecified atom stereocenters. The molecule has 1 heterocycles. The van der Waals surface area contributed by atoms with E-state index in [1.54, 1.807) is 0 Å². The maximum absolute atomic E-state index is 8.79. The third-order valence-electron chi connectivity index (χ3n) is 10.9. The van der Waals surface area contributed by atoms with Crippen LogP contribution in [0.2, 0.25) is 0 Å². The van der Waals surface area contributed by atoms with Crippen molar-refractivity contribution in [1.82, 2.24) is 0 Å². The van der Waals surface area contributed by atoms with E-state index in [2.05, 4.69) is 127 Å². The van der Waals surface area contributed by atoms with Gasteiger partial charge in [-0.25, -0.2) is 0 Å². The molecule has 0 amide bonds. The van der Waals surface area contributed by atoms with Crippen molar-refractivity contribution in [3.8, 4) is 55.6 Å². The van der Waals surface area contributed by atoms with E-state index in [1.165, 1.54) is 0 Å². The quantitative estimate of drug-likeness (QED) is 0.163. The number of furan rings is 1. The summed E-state index contributed by atoms with van der Waals surface area (Å²) in [4.78, 5) is 0. The maximum atomic E-state index is 8.79. The van der Waals surface area contributed by atoms with Crippen molar-refractivity contribution < 1.29 is 11.3 Å². The highest BCUT2D eigenvalue weighted by Crippen LogP contribution is 2.47. The van der Waals surface area contributed by atoms with Crippen molar-refractivity contribution in [2.24, 2.45) is 0 Å². The Morgan fingerprint density at radius 3 is 1.56 bits per heavy atom. The third kappa shape index (κ3) is 5.09. The zero-order valence-corrected chi connectivity index (χ0v) is 29.7. The minimum Gasteiger partial charge on any atom is -0.456 e. The monoisotopic (exact) mass is 703 g/mol. The summed E-state index contributed by atoms with van der Waals surface area (Å²) in [5.74, 6) is 0. The van der Waals surface area contributed by atoms with Gasteiger partial charge in [-0.15, -0.1) is 0 Å². The number of hydrogen-bond acceptors (Lipinski definition) is 1. The van der Waals surface area contributed by atoms with E-state index in [0.29, 0.717) is 5.56 Å². The number of fused-ring (bicyclic) bond motifs is 6. The predicted octanol–water partition coefficient (Wildman–Crippen LogP) is 15.4. The lowest BCUT2D eigenvalue weighted by Crippen LogP contribution is -1.93. The van der Waals surface area contributed by atoms with Crippen LogP contribution in [0, 0.1) is 0 Å². The van der Waals surface area contributed by atoms with Gasteiger partial charge in [-0.05, 0) is 112 Å². The minimum absolute atomic E-state index is 0.198. The van der Waals surface area contributed by atoms with Gasteiger partial charge in [0.1, 0.15) is 11.2 Å². The Hall–Kier alpha value is -7.22. The molecule has 256 valence electrons. The molecule has 0 fully saturated rings. The summed E-state index contributed by atoms with van der Waals surface area (Å²) in [6.07, 6.45) is 0. The number of hydrogen-bond donors (Lipinski definition) is 0. The summed E-state index contributed by atoms with van der Waals surface area (Å²) < 4.78 is 49.0. The first-order valence-electron chi connectivity index (χ1n) is 21.0. The van der Waals surface area contributed by atoms with E-state index >= 15 is 0 Å². The summed E-state index contributed by atoms with van der Waals surface area (Å²) in [7, 11) is 0. The van der Waals surface area contributed by atoms with E-state index in [-0.39, 0.29) is 29.7 Å². The Balaban J connectivity index is 1.13. The van der Waals surface area contributed by atoms with Crippen molar-refractivity contribution >= 4 is 54.3 Å². The molecule has 0 aliphatic heterocycles. The van der Waals surface area contributed by atoms with Crippen molar-refractivity contribution in [1.29, 1.82) is 0 Å². The van der Waals surface area contributed by atoms with Crippen LogP contribution in [-0.4, -0.2) is 0 Å². The van der Waals surface area contributed by atoms with Gasteiger partial charge >= 0.3 is 0 Å². The molecule has 55 heavy (non-hydrogen) atoms. The molecule has 0 bridgehead atoms. The van der Waals surface area contributed by atoms with Gasteiger partial charge in [-0.3, -0.25) is 0 Å². The smallest absolute Gasteiger partial charge is 0.136 e. The number of benzene rings is 10. The van der Waals surface area contributed by atoms with Gasteiger partial charge in [0.25, 0.3) is 0 Å². The molecule has 0 atom stereocenters. The first kappa shape index (κ1) is 26.5. The Labute approximate surface area is 326 Å². The summed E-state index contributed by atoms with van der Waals surface area (Å²) in [5, 5.41) is 8.36. The van der Waals surface area contributed by atoms with E-state index in [0.717, 1.165) is 98.8 Å². The fourth-order valence-electron chi connectivity index (χ4n) is 8.57. The van der Waals surface area contributed by atoms with Crippen molar-refractivity contribution in [3.05, 3.63) is 206 Å². The van der Waals surface area contributed by atoms with E-state index in [4.69, 9.17) is 11.3 Å². The van der Waals surface area contributed by atoms with Crippen LogP contribution in [-0.2, 0) is 0 Å². The van der Waals surface area contributed by atoms with Crippen LogP contribution in [0.4, 0.5) is 0 Å². The fourth-order valence-corrected chi connectivity index (χ4v) is 8.57. The predicted molar refractivity (Wildman–Crippen MR) is 233 cm³/mol. The molecule has 0 saturated heterocycles. The molecule has 0 spiro atoms. The van der Waals surface area contributed by atoms with Gasteiger partial charge in [0, 0.05) is 10.8 Å². The zero-order valence-electron chi connectivity index (χ0n) is 34.7.